The van der Waals surface area contributed by atoms with Gasteiger partial charge >= 0.3 is 5.97 Å². The summed E-state index contributed by atoms with van der Waals surface area (Å²) in [6.45, 7) is 16.0. The third kappa shape index (κ3) is 5.70. The first-order chi connectivity index (χ1) is 15.1. The fourth-order valence-corrected chi connectivity index (χ4v) is 4.20. The quantitative estimate of drug-likeness (QED) is 0.435. The fourth-order valence-electron chi connectivity index (χ4n) is 4.20. The molecular weight excluding hydrogens is 404 g/mol. The average molecular weight is 441 g/mol. The van der Waals surface area contributed by atoms with Crippen molar-refractivity contribution in [1.82, 2.24) is 0 Å². The van der Waals surface area contributed by atoms with E-state index in [0.29, 0.717) is 24.3 Å². The molecule has 5 atom stereocenters. The lowest BCUT2D eigenvalue weighted by molar-refractivity contribution is -0.148. The fraction of sp³-hybridized carbons (Fsp3) is 0.519. The zero-order valence-corrected chi connectivity index (χ0v) is 20.1. The van der Waals surface area contributed by atoms with Gasteiger partial charge in [0.15, 0.2) is 5.79 Å². The van der Waals surface area contributed by atoms with Crippen LogP contribution in [-0.4, -0.2) is 36.7 Å². The second kappa shape index (κ2) is 10.1. The van der Waals surface area contributed by atoms with Gasteiger partial charge in [0, 0.05) is 11.8 Å². The van der Waals surface area contributed by atoms with E-state index in [1.165, 1.54) is 0 Å². The summed E-state index contributed by atoms with van der Waals surface area (Å²) in [5.74, 6) is -0.0337. The first kappa shape index (κ1) is 24.3. The predicted octanol–water partition coefficient (Wildman–Crippen LogP) is 5.87. The summed E-state index contributed by atoms with van der Waals surface area (Å²) in [5, 5.41) is 0. The molecule has 32 heavy (non-hydrogen) atoms. The third-order valence-electron chi connectivity index (χ3n) is 6.07. The van der Waals surface area contributed by atoms with E-state index in [4.69, 9.17) is 18.9 Å². The highest BCUT2D eigenvalue weighted by Gasteiger charge is 2.42. The van der Waals surface area contributed by atoms with E-state index in [0.717, 1.165) is 11.1 Å². The molecule has 1 aromatic carbocycles. The van der Waals surface area contributed by atoms with Gasteiger partial charge in [0.25, 0.3) is 0 Å². The molecule has 1 aromatic rings. The number of cyclic esters (lactones) is 1. The number of fused-ring (bicyclic) bond motifs is 2. The largest absolute Gasteiger partial charge is 0.490 e. The van der Waals surface area contributed by atoms with Crippen LogP contribution < -0.4 is 4.74 Å². The Bertz CT molecular complexity index is 898. The standard InChI is InChI=1S/C27H36O5/c1-8-14-29-22-15-19(4)24-21(16-22)10-9-11-23-25(32-27(6,7)31-23)18(3)13-12-17(2)20(5)30-26(24)28/h8-10,12-13,15-18,20,23,25H,1,11,14H2,2-7H3/b10-9+,13-12-/t17-,18-,20+,23+,25?/m1/s1. The molecule has 0 aromatic heterocycles. The summed E-state index contributed by atoms with van der Waals surface area (Å²) in [5.41, 5.74) is 2.14. The number of ether oxygens (including phenoxy) is 4. The maximum absolute atomic E-state index is 13.1. The number of aryl methyl sites for hydroxylation is 1. The molecule has 0 amide bonds. The van der Waals surface area contributed by atoms with Crippen molar-refractivity contribution in [2.45, 2.75) is 72.1 Å². The smallest absolute Gasteiger partial charge is 0.339 e. The van der Waals surface area contributed by atoms with Gasteiger partial charge in [0.2, 0.25) is 0 Å². The molecule has 0 N–H and O–H groups in total. The minimum absolute atomic E-state index is 0.0534. The van der Waals surface area contributed by atoms with Crippen LogP contribution in [0.25, 0.3) is 6.08 Å². The van der Waals surface area contributed by atoms with Crippen LogP contribution in [0.1, 0.15) is 62.5 Å². The van der Waals surface area contributed by atoms with Crippen LogP contribution in [0.4, 0.5) is 0 Å². The topological polar surface area (TPSA) is 54.0 Å². The van der Waals surface area contributed by atoms with Crippen molar-refractivity contribution in [2.75, 3.05) is 6.61 Å². The Labute approximate surface area is 192 Å². The van der Waals surface area contributed by atoms with Crippen molar-refractivity contribution < 1.29 is 23.7 Å². The third-order valence-corrected chi connectivity index (χ3v) is 6.07. The van der Waals surface area contributed by atoms with Crippen molar-refractivity contribution in [2.24, 2.45) is 11.8 Å². The Morgan fingerprint density at radius 3 is 2.59 bits per heavy atom. The minimum atomic E-state index is -0.628. The Morgan fingerprint density at radius 1 is 1.16 bits per heavy atom. The van der Waals surface area contributed by atoms with Gasteiger partial charge < -0.3 is 18.9 Å². The molecule has 1 saturated heterocycles. The molecule has 2 heterocycles. The summed E-state index contributed by atoms with van der Waals surface area (Å²) in [4.78, 5) is 13.1. The minimum Gasteiger partial charge on any atom is -0.490 e. The van der Waals surface area contributed by atoms with Gasteiger partial charge in [-0.05, 0) is 57.4 Å². The number of esters is 1. The zero-order valence-electron chi connectivity index (χ0n) is 20.1. The van der Waals surface area contributed by atoms with E-state index in [9.17, 15) is 4.79 Å². The molecule has 0 bridgehead atoms. The van der Waals surface area contributed by atoms with Crippen LogP contribution in [0, 0.1) is 18.8 Å². The highest BCUT2D eigenvalue weighted by atomic mass is 16.8. The summed E-state index contributed by atoms with van der Waals surface area (Å²) < 4.78 is 24.0. The second-order valence-electron chi connectivity index (χ2n) is 9.29. The van der Waals surface area contributed by atoms with Gasteiger partial charge in [-0.3, -0.25) is 0 Å². The van der Waals surface area contributed by atoms with Crippen molar-refractivity contribution >= 4 is 12.0 Å². The molecule has 0 spiro atoms. The van der Waals surface area contributed by atoms with Crippen LogP contribution in [0.5, 0.6) is 5.75 Å². The van der Waals surface area contributed by atoms with Crippen LogP contribution in [0.15, 0.2) is 43.0 Å². The first-order valence-corrected chi connectivity index (χ1v) is 11.4. The van der Waals surface area contributed by atoms with Crippen LogP contribution in [-0.2, 0) is 14.2 Å². The number of benzene rings is 1. The normalized spacial score (nSPS) is 32.1. The van der Waals surface area contributed by atoms with Gasteiger partial charge in [-0.25, -0.2) is 4.79 Å². The number of hydrogen-bond acceptors (Lipinski definition) is 5. The summed E-state index contributed by atoms with van der Waals surface area (Å²) in [7, 11) is 0. The number of rotatable bonds is 3. The van der Waals surface area contributed by atoms with E-state index in [2.05, 4.69) is 32.6 Å². The van der Waals surface area contributed by atoms with Gasteiger partial charge in [0.1, 0.15) is 18.5 Å². The highest BCUT2D eigenvalue weighted by Crippen LogP contribution is 2.35. The Hall–Kier alpha value is -2.37. The number of carbonyl (C=O) groups excluding carboxylic acids is 1. The lowest BCUT2D eigenvalue weighted by Crippen LogP contribution is -2.29. The number of hydrogen-bond donors (Lipinski definition) is 0. The average Bonchev–Trinajstić information content (AvgIpc) is 3.03. The molecule has 5 nitrogen and oxygen atoms in total. The second-order valence-corrected chi connectivity index (χ2v) is 9.29. The number of carbonyl (C=O) groups is 1. The van der Waals surface area contributed by atoms with E-state index >= 15 is 0 Å². The monoisotopic (exact) mass is 440 g/mol. The first-order valence-electron chi connectivity index (χ1n) is 11.4. The molecule has 1 fully saturated rings. The molecule has 174 valence electrons. The Balaban J connectivity index is 2.02. The zero-order chi connectivity index (χ0) is 23.5. The molecule has 0 aliphatic carbocycles. The molecule has 2 aliphatic rings. The van der Waals surface area contributed by atoms with Crippen LogP contribution >= 0.6 is 0 Å². The Kier molecular flexibility index (Phi) is 7.63. The van der Waals surface area contributed by atoms with Gasteiger partial charge in [-0.2, -0.15) is 0 Å². The van der Waals surface area contributed by atoms with E-state index < -0.39 is 5.79 Å². The molecule has 5 heteroatoms. The van der Waals surface area contributed by atoms with Gasteiger partial charge in [-0.15, -0.1) is 0 Å². The highest BCUT2D eigenvalue weighted by molar-refractivity contribution is 5.95. The van der Waals surface area contributed by atoms with E-state index in [1.54, 1.807) is 6.08 Å². The molecular formula is C27H36O5. The molecule has 3 rings (SSSR count). The molecule has 0 radical (unpaired) electrons. The van der Waals surface area contributed by atoms with Crippen molar-refractivity contribution in [3.63, 3.8) is 0 Å². The summed E-state index contributed by atoms with van der Waals surface area (Å²) in [6.07, 6.45) is 10.2. The molecule has 0 saturated carbocycles. The summed E-state index contributed by atoms with van der Waals surface area (Å²) in [6, 6.07) is 3.74. The van der Waals surface area contributed by atoms with E-state index in [-0.39, 0.29) is 36.1 Å². The SMILES string of the molecule is C=CCOc1cc(C)c2c(c1)/C=C/C[C@@H]1OC(C)(C)OC1[C@H](C)/C=C\[C@@H](C)[C@H](C)OC2=O. The van der Waals surface area contributed by atoms with Crippen LogP contribution in [0.2, 0.25) is 0 Å². The lowest BCUT2D eigenvalue weighted by Gasteiger charge is -2.23. The van der Waals surface area contributed by atoms with Crippen molar-refractivity contribution in [3.05, 3.63) is 59.7 Å². The van der Waals surface area contributed by atoms with E-state index in [1.807, 2.05) is 52.0 Å². The lowest BCUT2D eigenvalue weighted by atomic mass is 9.94. The van der Waals surface area contributed by atoms with Crippen LogP contribution in [0.3, 0.4) is 0 Å². The molecule has 1 unspecified atom stereocenters. The summed E-state index contributed by atoms with van der Waals surface area (Å²) >= 11 is 0. The van der Waals surface area contributed by atoms with Crippen molar-refractivity contribution in [1.29, 1.82) is 0 Å². The van der Waals surface area contributed by atoms with Gasteiger partial charge in [-0.1, -0.05) is 50.8 Å². The maximum atomic E-state index is 13.1. The Morgan fingerprint density at radius 2 is 1.88 bits per heavy atom. The maximum Gasteiger partial charge on any atom is 0.339 e. The van der Waals surface area contributed by atoms with Crippen molar-refractivity contribution in [3.8, 4) is 5.75 Å². The predicted molar refractivity (Wildman–Crippen MR) is 127 cm³/mol. The molecule has 2 aliphatic heterocycles. The van der Waals surface area contributed by atoms with Gasteiger partial charge in [0.05, 0.1) is 17.8 Å².